The third kappa shape index (κ3) is 3.87. The van der Waals surface area contributed by atoms with Crippen LogP contribution in [0.15, 0.2) is 18.2 Å². The van der Waals surface area contributed by atoms with Crippen LogP contribution in [0.1, 0.15) is 24.8 Å². The van der Waals surface area contributed by atoms with Gasteiger partial charge in [-0.15, -0.1) is 0 Å². The van der Waals surface area contributed by atoms with Gasteiger partial charge in [-0.3, -0.25) is 4.90 Å². The summed E-state index contributed by atoms with van der Waals surface area (Å²) in [6.07, 6.45) is 3.72. The second-order valence-electron chi connectivity index (χ2n) is 5.50. The summed E-state index contributed by atoms with van der Waals surface area (Å²) >= 11 is 0. The zero-order chi connectivity index (χ0) is 14.4. The molecule has 1 aromatic carbocycles. The Hall–Kier alpha value is -1.26. The Balaban J connectivity index is 2.01. The lowest BCUT2D eigenvalue weighted by atomic mass is 9.94. The minimum Gasteiger partial charge on any atom is -0.497 e. The smallest absolute Gasteiger partial charge is 0.127 e. The number of nitrogens with two attached hydrogens (primary N) is 1. The van der Waals surface area contributed by atoms with Crippen molar-refractivity contribution < 1.29 is 9.47 Å². The molecule has 4 nitrogen and oxygen atoms in total. The van der Waals surface area contributed by atoms with E-state index in [0.29, 0.717) is 0 Å². The largest absolute Gasteiger partial charge is 0.497 e. The number of nitrogens with zero attached hydrogens (tertiary/aromatic N) is 1. The Kier molecular flexibility index (Phi) is 5.68. The number of ether oxygens (including phenoxy) is 2. The van der Waals surface area contributed by atoms with Crippen molar-refractivity contribution in [3.63, 3.8) is 0 Å². The van der Waals surface area contributed by atoms with Gasteiger partial charge in [-0.05, 0) is 44.3 Å². The van der Waals surface area contributed by atoms with Crippen molar-refractivity contribution in [1.82, 2.24) is 4.90 Å². The van der Waals surface area contributed by atoms with Crippen LogP contribution >= 0.6 is 0 Å². The highest BCUT2D eigenvalue weighted by Gasteiger charge is 2.20. The Labute approximate surface area is 121 Å². The molecule has 0 spiro atoms. The first-order chi connectivity index (χ1) is 9.76. The predicted octanol–water partition coefficient (Wildman–Crippen LogP) is 2.26. The molecule has 1 fully saturated rings. The van der Waals surface area contributed by atoms with Crippen molar-refractivity contribution in [2.45, 2.75) is 25.8 Å². The first-order valence-corrected chi connectivity index (χ1v) is 7.40. The second kappa shape index (κ2) is 7.50. The molecule has 1 aromatic rings. The van der Waals surface area contributed by atoms with Crippen LogP contribution in [-0.4, -0.2) is 38.8 Å². The van der Waals surface area contributed by atoms with Gasteiger partial charge in [-0.2, -0.15) is 0 Å². The van der Waals surface area contributed by atoms with E-state index in [2.05, 4.69) is 11.0 Å². The van der Waals surface area contributed by atoms with Gasteiger partial charge in [0.2, 0.25) is 0 Å². The summed E-state index contributed by atoms with van der Waals surface area (Å²) in [5.74, 6) is 2.49. The molecule has 0 radical (unpaired) electrons. The van der Waals surface area contributed by atoms with Crippen LogP contribution in [0.5, 0.6) is 11.5 Å². The van der Waals surface area contributed by atoms with Crippen LogP contribution in [0.3, 0.4) is 0 Å². The summed E-state index contributed by atoms with van der Waals surface area (Å²) < 4.78 is 10.7. The van der Waals surface area contributed by atoms with E-state index in [-0.39, 0.29) is 0 Å². The van der Waals surface area contributed by atoms with Crippen LogP contribution in [0.2, 0.25) is 0 Å². The van der Waals surface area contributed by atoms with Crippen LogP contribution in [0.25, 0.3) is 0 Å². The molecule has 1 heterocycles. The molecule has 0 saturated carbocycles. The van der Waals surface area contributed by atoms with Gasteiger partial charge in [0.05, 0.1) is 14.2 Å². The molecular formula is C16H26N2O2. The molecule has 1 unspecified atom stereocenters. The fourth-order valence-corrected chi connectivity index (χ4v) is 2.99. The Bertz CT molecular complexity index is 421. The molecule has 1 saturated heterocycles. The van der Waals surface area contributed by atoms with Crippen molar-refractivity contribution in [2.75, 3.05) is 33.9 Å². The zero-order valence-electron chi connectivity index (χ0n) is 12.6. The highest BCUT2D eigenvalue weighted by molar-refractivity contribution is 5.40. The van der Waals surface area contributed by atoms with E-state index in [1.807, 2.05) is 12.1 Å². The number of hydrogen-bond acceptors (Lipinski definition) is 4. The summed E-state index contributed by atoms with van der Waals surface area (Å²) in [7, 11) is 3.39. The van der Waals surface area contributed by atoms with E-state index in [9.17, 15) is 0 Å². The Morgan fingerprint density at radius 2 is 2.15 bits per heavy atom. The SMILES string of the molecule is COc1ccc(CN2CCCC(CCN)C2)c(OC)c1. The number of rotatable bonds is 6. The molecule has 1 atom stereocenters. The maximum Gasteiger partial charge on any atom is 0.127 e. The summed E-state index contributed by atoms with van der Waals surface area (Å²) in [6, 6.07) is 6.06. The monoisotopic (exact) mass is 278 g/mol. The molecule has 112 valence electrons. The lowest BCUT2D eigenvalue weighted by molar-refractivity contribution is 0.161. The van der Waals surface area contributed by atoms with Crippen LogP contribution in [0.4, 0.5) is 0 Å². The molecule has 2 N–H and O–H groups in total. The van der Waals surface area contributed by atoms with Gasteiger partial charge in [0.1, 0.15) is 11.5 Å². The van der Waals surface area contributed by atoms with Crippen molar-refractivity contribution in [1.29, 1.82) is 0 Å². The Morgan fingerprint density at radius 3 is 2.85 bits per heavy atom. The van der Waals surface area contributed by atoms with Crippen LogP contribution in [-0.2, 0) is 6.54 Å². The topological polar surface area (TPSA) is 47.7 Å². The lowest BCUT2D eigenvalue weighted by Gasteiger charge is -2.33. The van der Waals surface area contributed by atoms with E-state index >= 15 is 0 Å². The average Bonchev–Trinajstić information content (AvgIpc) is 2.48. The van der Waals surface area contributed by atoms with E-state index in [4.69, 9.17) is 15.2 Å². The van der Waals surface area contributed by atoms with Gasteiger partial charge in [-0.1, -0.05) is 6.07 Å². The summed E-state index contributed by atoms with van der Waals surface area (Å²) in [5.41, 5.74) is 6.91. The molecule has 0 bridgehead atoms. The molecule has 2 rings (SSSR count). The fraction of sp³-hybridized carbons (Fsp3) is 0.625. The number of likely N-dealkylation sites (tertiary alicyclic amines) is 1. The molecule has 0 amide bonds. The van der Waals surface area contributed by atoms with E-state index in [1.165, 1.54) is 18.4 Å². The summed E-state index contributed by atoms with van der Waals surface area (Å²) in [5, 5.41) is 0. The number of benzene rings is 1. The highest BCUT2D eigenvalue weighted by atomic mass is 16.5. The molecule has 20 heavy (non-hydrogen) atoms. The van der Waals surface area contributed by atoms with Gasteiger partial charge in [0, 0.05) is 24.7 Å². The quantitative estimate of drug-likeness (QED) is 0.867. The third-order valence-electron chi connectivity index (χ3n) is 4.07. The number of hydrogen-bond donors (Lipinski definition) is 1. The molecule has 0 aromatic heterocycles. The number of piperidine rings is 1. The van der Waals surface area contributed by atoms with Gasteiger partial charge in [-0.25, -0.2) is 0 Å². The van der Waals surface area contributed by atoms with Crippen molar-refractivity contribution in [3.8, 4) is 11.5 Å². The van der Waals surface area contributed by atoms with Crippen molar-refractivity contribution in [3.05, 3.63) is 23.8 Å². The van der Waals surface area contributed by atoms with Gasteiger partial charge >= 0.3 is 0 Å². The first kappa shape index (κ1) is 15.1. The third-order valence-corrected chi connectivity index (χ3v) is 4.07. The normalized spacial score (nSPS) is 19.9. The van der Waals surface area contributed by atoms with Crippen LogP contribution in [0, 0.1) is 5.92 Å². The van der Waals surface area contributed by atoms with Crippen LogP contribution < -0.4 is 15.2 Å². The minimum atomic E-state index is 0.748. The molecular weight excluding hydrogens is 252 g/mol. The van der Waals surface area contributed by atoms with Gasteiger partial charge in [0.25, 0.3) is 0 Å². The molecule has 1 aliphatic heterocycles. The predicted molar refractivity (Wildman–Crippen MR) is 81.2 cm³/mol. The highest BCUT2D eigenvalue weighted by Crippen LogP contribution is 2.27. The zero-order valence-corrected chi connectivity index (χ0v) is 12.6. The second-order valence-corrected chi connectivity index (χ2v) is 5.50. The maximum absolute atomic E-state index is 5.68. The number of methoxy groups -OCH3 is 2. The van der Waals surface area contributed by atoms with Crippen molar-refractivity contribution >= 4 is 0 Å². The van der Waals surface area contributed by atoms with E-state index < -0.39 is 0 Å². The average molecular weight is 278 g/mol. The standard InChI is InChI=1S/C16H26N2O2/c1-19-15-6-5-14(16(10-15)20-2)12-18-9-3-4-13(11-18)7-8-17/h5-6,10,13H,3-4,7-9,11-12,17H2,1-2H3. The summed E-state index contributed by atoms with van der Waals surface area (Å²) in [4.78, 5) is 2.51. The van der Waals surface area contributed by atoms with E-state index in [1.54, 1.807) is 14.2 Å². The van der Waals surface area contributed by atoms with Crippen molar-refractivity contribution in [2.24, 2.45) is 11.7 Å². The maximum atomic E-state index is 5.68. The molecule has 1 aliphatic rings. The van der Waals surface area contributed by atoms with Gasteiger partial charge in [0.15, 0.2) is 0 Å². The summed E-state index contributed by atoms with van der Waals surface area (Å²) in [6.45, 7) is 4.04. The van der Waals surface area contributed by atoms with E-state index in [0.717, 1.165) is 50.0 Å². The van der Waals surface area contributed by atoms with Gasteiger partial charge < -0.3 is 15.2 Å². The molecule has 4 heteroatoms. The minimum absolute atomic E-state index is 0.748. The molecule has 0 aliphatic carbocycles. The fourth-order valence-electron chi connectivity index (χ4n) is 2.99. The first-order valence-electron chi connectivity index (χ1n) is 7.40. The lowest BCUT2D eigenvalue weighted by Crippen LogP contribution is -2.35. The Morgan fingerprint density at radius 1 is 1.30 bits per heavy atom.